The lowest BCUT2D eigenvalue weighted by Crippen LogP contribution is -2.13. The zero-order chi connectivity index (χ0) is 14.4. The summed E-state index contributed by atoms with van der Waals surface area (Å²) in [7, 11) is 0. The van der Waals surface area contributed by atoms with Gasteiger partial charge in [-0.15, -0.1) is 0 Å². The Balaban J connectivity index is 2.16. The van der Waals surface area contributed by atoms with E-state index >= 15 is 0 Å². The summed E-state index contributed by atoms with van der Waals surface area (Å²) in [5, 5.41) is 10.5. The third kappa shape index (κ3) is 3.80. The SMILES string of the molecule is CCNc1nc(NC(C)c2ccsc2)nc(OCC)n1. The quantitative estimate of drug-likeness (QED) is 0.818. The van der Waals surface area contributed by atoms with Gasteiger partial charge in [-0.25, -0.2) is 0 Å². The first-order chi connectivity index (χ1) is 9.72. The Morgan fingerprint density at radius 3 is 2.70 bits per heavy atom. The van der Waals surface area contributed by atoms with Gasteiger partial charge in [-0.05, 0) is 43.2 Å². The average molecular weight is 293 g/mol. The lowest BCUT2D eigenvalue weighted by atomic mass is 10.2. The van der Waals surface area contributed by atoms with Crippen LogP contribution in [0.2, 0.25) is 0 Å². The summed E-state index contributed by atoms with van der Waals surface area (Å²) >= 11 is 1.67. The average Bonchev–Trinajstić information content (AvgIpc) is 2.93. The molecule has 0 saturated carbocycles. The van der Waals surface area contributed by atoms with Crippen LogP contribution < -0.4 is 15.4 Å². The van der Waals surface area contributed by atoms with Gasteiger partial charge in [-0.2, -0.15) is 26.3 Å². The van der Waals surface area contributed by atoms with E-state index in [1.54, 1.807) is 11.3 Å². The van der Waals surface area contributed by atoms with E-state index in [2.05, 4.69) is 49.3 Å². The summed E-state index contributed by atoms with van der Waals surface area (Å²) in [4.78, 5) is 12.8. The van der Waals surface area contributed by atoms with E-state index in [1.807, 2.05) is 13.8 Å². The van der Waals surface area contributed by atoms with Gasteiger partial charge in [0.25, 0.3) is 0 Å². The molecule has 2 aromatic heterocycles. The fourth-order valence-electron chi connectivity index (χ4n) is 1.65. The Labute approximate surface area is 122 Å². The number of anilines is 2. The van der Waals surface area contributed by atoms with Crippen LogP contribution in [-0.4, -0.2) is 28.1 Å². The maximum Gasteiger partial charge on any atom is 0.323 e. The highest BCUT2D eigenvalue weighted by atomic mass is 32.1. The Hall–Kier alpha value is -1.89. The normalized spacial score (nSPS) is 11.9. The first-order valence-corrected chi connectivity index (χ1v) is 7.58. The van der Waals surface area contributed by atoms with Crippen LogP contribution in [0.1, 0.15) is 32.4 Å². The molecule has 0 aliphatic heterocycles. The zero-order valence-electron chi connectivity index (χ0n) is 11.9. The van der Waals surface area contributed by atoms with Crippen LogP contribution in [0.3, 0.4) is 0 Å². The zero-order valence-corrected chi connectivity index (χ0v) is 12.7. The molecule has 0 aliphatic carbocycles. The second kappa shape index (κ2) is 7.04. The van der Waals surface area contributed by atoms with Crippen molar-refractivity contribution in [3.05, 3.63) is 22.4 Å². The molecule has 0 bridgehead atoms. The fraction of sp³-hybridized carbons (Fsp3) is 0.462. The molecule has 2 heterocycles. The van der Waals surface area contributed by atoms with Crippen molar-refractivity contribution >= 4 is 23.2 Å². The molecule has 0 aromatic carbocycles. The molecular weight excluding hydrogens is 274 g/mol. The van der Waals surface area contributed by atoms with E-state index in [1.165, 1.54) is 5.56 Å². The van der Waals surface area contributed by atoms with E-state index in [-0.39, 0.29) is 6.04 Å². The van der Waals surface area contributed by atoms with Crippen molar-refractivity contribution in [3.8, 4) is 6.01 Å². The molecule has 1 atom stereocenters. The molecule has 0 fully saturated rings. The first-order valence-electron chi connectivity index (χ1n) is 6.64. The second-order valence-corrected chi connectivity index (χ2v) is 4.93. The Morgan fingerprint density at radius 1 is 1.25 bits per heavy atom. The highest BCUT2D eigenvalue weighted by Gasteiger charge is 2.11. The van der Waals surface area contributed by atoms with Crippen LogP contribution in [0, 0.1) is 0 Å². The molecule has 0 radical (unpaired) electrons. The molecule has 0 saturated heterocycles. The monoisotopic (exact) mass is 293 g/mol. The molecule has 108 valence electrons. The lowest BCUT2D eigenvalue weighted by Gasteiger charge is -2.14. The summed E-state index contributed by atoms with van der Waals surface area (Å²) in [6.07, 6.45) is 0. The Bertz CT molecular complexity index is 507. The molecule has 0 spiro atoms. The van der Waals surface area contributed by atoms with Gasteiger partial charge in [-0.1, -0.05) is 0 Å². The molecule has 0 aliphatic rings. The minimum atomic E-state index is 0.132. The minimum Gasteiger partial charge on any atom is -0.464 e. The maximum absolute atomic E-state index is 5.37. The van der Waals surface area contributed by atoms with Crippen LogP contribution in [0.4, 0.5) is 11.9 Å². The Kier molecular flexibility index (Phi) is 5.11. The summed E-state index contributed by atoms with van der Waals surface area (Å²) in [5.41, 5.74) is 1.21. The summed E-state index contributed by atoms with van der Waals surface area (Å²) in [6, 6.07) is 2.55. The number of hydrogen-bond acceptors (Lipinski definition) is 7. The van der Waals surface area contributed by atoms with Gasteiger partial charge in [0.15, 0.2) is 0 Å². The van der Waals surface area contributed by atoms with Gasteiger partial charge in [0, 0.05) is 6.54 Å². The van der Waals surface area contributed by atoms with Crippen molar-refractivity contribution in [2.24, 2.45) is 0 Å². The Morgan fingerprint density at radius 2 is 2.05 bits per heavy atom. The van der Waals surface area contributed by atoms with Gasteiger partial charge in [0.2, 0.25) is 11.9 Å². The van der Waals surface area contributed by atoms with E-state index in [0.717, 1.165) is 6.54 Å². The van der Waals surface area contributed by atoms with Crippen LogP contribution in [0.15, 0.2) is 16.8 Å². The smallest absolute Gasteiger partial charge is 0.323 e. The summed E-state index contributed by atoms with van der Waals surface area (Å²) < 4.78 is 5.37. The van der Waals surface area contributed by atoms with Crippen LogP contribution in [0.25, 0.3) is 0 Å². The highest BCUT2D eigenvalue weighted by molar-refractivity contribution is 7.07. The number of aromatic nitrogens is 3. The second-order valence-electron chi connectivity index (χ2n) is 4.15. The number of hydrogen-bond donors (Lipinski definition) is 2. The first kappa shape index (κ1) is 14.5. The largest absolute Gasteiger partial charge is 0.464 e. The van der Waals surface area contributed by atoms with Gasteiger partial charge in [-0.3, -0.25) is 0 Å². The summed E-state index contributed by atoms with van der Waals surface area (Å²) in [5.74, 6) is 1.03. The van der Waals surface area contributed by atoms with Crippen molar-refractivity contribution < 1.29 is 4.74 Å². The number of rotatable bonds is 7. The highest BCUT2D eigenvalue weighted by Crippen LogP contribution is 2.20. The molecule has 6 nitrogen and oxygen atoms in total. The molecule has 7 heteroatoms. The van der Waals surface area contributed by atoms with Crippen molar-refractivity contribution in [1.82, 2.24) is 15.0 Å². The van der Waals surface area contributed by atoms with Gasteiger partial charge < -0.3 is 15.4 Å². The van der Waals surface area contributed by atoms with Crippen LogP contribution in [0.5, 0.6) is 6.01 Å². The third-order valence-electron chi connectivity index (χ3n) is 2.61. The molecule has 1 unspecified atom stereocenters. The van der Waals surface area contributed by atoms with Crippen molar-refractivity contribution in [2.45, 2.75) is 26.8 Å². The standard InChI is InChI=1S/C13H19N5OS/c1-4-14-11-16-12(18-13(17-11)19-5-2)15-9(3)10-6-7-20-8-10/h6-9H,4-5H2,1-3H3,(H2,14,15,16,17,18). The predicted molar refractivity (Wildman–Crippen MR) is 81.5 cm³/mol. The van der Waals surface area contributed by atoms with Gasteiger partial charge >= 0.3 is 6.01 Å². The third-order valence-corrected chi connectivity index (χ3v) is 3.31. The van der Waals surface area contributed by atoms with E-state index in [9.17, 15) is 0 Å². The van der Waals surface area contributed by atoms with E-state index in [4.69, 9.17) is 4.74 Å². The van der Waals surface area contributed by atoms with Crippen LogP contribution in [-0.2, 0) is 0 Å². The van der Waals surface area contributed by atoms with Crippen molar-refractivity contribution in [3.63, 3.8) is 0 Å². The molecule has 0 amide bonds. The molecule has 2 aromatic rings. The van der Waals surface area contributed by atoms with E-state index in [0.29, 0.717) is 24.5 Å². The predicted octanol–water partition coefficient (Wildman–Crippen LogP) is 2.94. The molecule has 2 N–H and O–H groups in total. The van der Waals surface area contributed by atoms with Crippen molar-refractivity contribution in [2.75, 3.05) is 23.8 Å². The number of thiophene rings is 1. The van der Waals surface area contributed by atoms with Gasteiger partial charge in [0.05, 0.1) is 12.6 Å². The fourth-order valence-corrected chi connectivity index (χ4v) is 2.40. The minimum absolute atomic E-state index is 0.132. The topological polar surface area (TPSA) is 72.0 Å². The molecule has 2 rings (SSSR count). The van der Waals surface area contributed by atoms with E-state index < -0.39 is 0 Å². The molecule has 20 heavy (non-hydrogen) atoms. The lowest BCUT2D eigenvalue weighted by molar-refractivity contribution is 0.312. The van der Waals surface area contributed by atoms with Gasteiger partial charge in [0.1, 0.15) is 0 Å². The number of ether oxygens (including phenoxy) is 1. The number of nitrogens with one attached hydrogen (secondary N) is 2. The van der Waals surface area contributed by atoms with Crippen LogP contribution >= 0.6 is 11.3 Å². The van der Waals surface area contributed by atoms with Crippen molar-refractivity contribution in [1.29, 1.82) is 0 Å². The molecular formula is C13H19N5OS. The summed E-state index contributed by atoms with van der Waals surface area (Å²) in [6.45, 7) is 7.23. The maximum atomic E-state index is 5.37. The number of nitrogens with zero attached hydrogens (tertiary/aromatic N) is 3.